The number of nitrogens with two attached hydrogens (primary N) is 1. The van der Waals surface area contributed by atoms with Crippen LogP contribution in [0.25, 0.3) is 21.3 Å². The SMILES string of the molecule is CCOP(=O)(OCC)C(=O)c1ccc2cc(C(=O)N[C@H]3CN(C(C)=O)CC[C@@H]4CC[C@H](C(=O)N[C@@H](CCC(N)=O)COc5cccc(CCCOc6cc([C@H](C(=O)N7C[C@H](O)C[C@H]7C(=O)NCc7ccc(-c8scnc8C)cc7)C(C)C)on6)c5Cl)N4C3=O)[nH]c2c1. The number of hydrogen-bond donors (Lipinski definition) is 6. The molecule has 7 N–H and O–H groups in total. The molecule has 6 heterocycles. The van der Waals surface area contributed by atoms with Crippen LogP contribution < -0.4 is 31.2 Å². The van der Waals surface area contributed by atoms with E-state index in [0.717, 1.165) is 27.3 Å². The summed E-state index contributed by atoms with van der Waals surface area (Å²) in [4.78, 5) is 122. The van der Waals surface area contributed by atoms with Crippen molar-refractivity contribution in [3.05, 3.63) is 117 Å². The number of aromatic amines is 1. The molecular formula is C64H78ClN10O15PS. The number of likely N-dealkylation sites (tertiary alicyclic amines) is 1. The fourth-order valence-electron chi connectivity index (χ4n) is 12.0. The molecule has 6 aromatic rings. The van der Waals surface area contributed by atoms with Gasteiger partial charge in [0.2, 0.25) is 35.4 Å². The zero-order valence-corrected chi connectivity index (χ0v) is 54.6. The molecule has 28 heteroatoms. The molecule has 25 nitrogen and oxygen atoms in total. The van der Waals surface area contributed by atoms with Crippen molar-refractivity contribution in [3.8, 4) is 22.1 Å². The molecule has 3 fully saturated rings. The number of β-amino-alcohol motifs (C(OH)–C–C–N with tert-alkyl or cyclic N) is 1. The smallest absolute Gasteiger partial charge is 0.401 e. The van der Waals surface area contributed by atoms with Crippen molar-refractivity contribution >= 4 is 88.3 Å². The van der Waals surface area contributed by atoms with Gasteiger partial charge in [0.15, 0.2) is 5.76 Å². The summed E-state index contributed by atoms with van der Waals surface area (Å²) < 4.78 is 41.6. The van der Waals surface area contributed by atoms with Gasteiger partial charge in [0.1, 0.15) is 42.1 Å². The molecule has 7 atom stereocenters. The van der Waals surface area contributed by atoms with Gasteiger partial charge >= 0.3 is 7.60 Å². The van der Waals surface area contributed by atoms with Crippen molar-refractivity contribution in [1.29, 1.82) is 0 Å². The number of halogens is 1. The predicted molar refractivity (Wildman–Crippen MR) is 341 cm³/mol. The van der Waals surface area contributed by atoms with Gasteiger partial charge in [-0.25, -0.2) is 4.98 Å². The van der Waals surface area contributed by atoms with Crippen LogP contribution in [-0.4, -0.2) is 164 Å². The number of ether oxygens (including phenoxy) is 2. The van der Waals surface area contributed by atoms with Crippen LogP contribution in [0.2, 0.25) is 5.02 Å². The standard InChI is InChI=1S/C64H78ClN10O15PS/c1-7-88-91(85,89-8-2)64(84)43-19-18-42-27-48(70-47(42)28-43)59(79)71-49-33-73(38(6)76)25-24-45-21-22-50(75(45)62(49)82)61(81)69-44(20-23-54(66)78)34-87-52-13-9-11-40(57(52)65)12-10-26-86-55-30-53(90-72-55)56(36(3)4)63(83)74-32-46(77)29-51(74)60(80)67-31-39-14-16-41(17-15-39)58-37(5)68-35-92-58/h9,11,13-19,27-28,30,35-36,44-46,49-51,56,70,77H,7-8,10,12,20-26,29,31-34H2,1-6H3,(H2,66,78)(H,67,80)(H,69,81)(H,71,79)/t44-,45-,46+,49-,50+,51-,56+/m0/s1. The van der Waals surface area contributed by atoms with Crippen molar-refractivity contribution in [2.24, 2.45) is 11.7 Å². The van der Waals surface area contributed by atoms with E-state index in [4.69, 9.17) is 40.4 Å². The van der Waals surface area contributed by atoms with E-state index in [1.165, 1.54) is 39.8 Å². The van der Waals surface area contributed by atoms with E-state index >= 15 is 0 Å². The summed E-state index contributed by atoms with van der Waals surface area (Å²) in [5.74, 6) is -3.88. The number of aliphatic hydroxyl groups is 1. The Labute approximate surface area is 541 Å². The van der Waals surface area contributed by atoms with Gasteiger partial charge in [0, 0.05) is 74.5 Å². The van der Waals surface area contributed by atoms with Gasteiger partial charge in [0.25, 0.3) is 17.3 Å². The molecule has 0 bridgehead atoms. The third kappa shape index (κ3) is 16.2. The van der Waals surface area contributed by atoms with Crippen LogP contribution in [0.3, 0.4) is 0 Å². The molecule has 3 aliphatic rings. The van der Waals surface area contributed by atoms with Crippen LogP contribution in [0.4, 0.5) is 0 Å². The minimum atomic E-state index is -4.15. The number of nitrogens with zero attached hydrogens (tertiary/aromatic N) is 5. The maximum Gasteiger partial charge on any atom is 0.401 e. The summed E-state index contributed by atoms with van der Waals surface area (Å²) in [6.45, 7) is 10.5. The number of amides is 7. The first-order chi connectivity index (χ1) is 44.1. The number of fused-ring (bicyclic) bond motifs is 2. The molecule has 0 aliphatic carbocycles. The van der Waals surface area contributed by atoms with E-state index in [1.54, 1.807) is 55.0 Å². The highest BCUT2D eigenvalue weighted by atomic mass is 35.5. The van der Waals surface area contributed by atoms with Crippen molar-refractivity contribution in [2.75, 3.05) is 46.1 Å². The Morgan fingerprint density at radius 3 is 2.40 bits per heavy atom. The quantitative estimate of drug-likeness (QED) is 0.0209. The van der Waals surface area contributed by atoms with E-state index in [1.807, 2.05) is 51.1 Å². The molecule has 492 valence electrons. The van der Waals surface area contributed by atoms with Crippen LogP contribution in [-0.2, 0) is 55.3 Å². The minimum Gasteiger partial charge on any atom is -0.490 e. The van der Waals surface area contributed by atoms with Gasteiger partial charge in [0.05, 0.1) is 53.1 Å². The molecule has 9 rings (SSSR count). The number of aliphatic hydroxyl groups excluding tert-OH is 1. The van der Waals surface area contributed by atoms with E-state index in [2.05, 4.69) is 31.1 Å². The number of benzene rings is 3. The molecule has 0 spiro atoms. The maximum absolute atomic E-state index is 14.7. The molecule has 3 aliphatic heterocycles. The van der Waals surface area contributed by atoms with E-state index in [0.29, 0.717) is 47.4 Å². The highest BCUT2D eigenvalue weighted by Gasteiger charge is 2.47. The average Bonchev–Trinajstić information content (AvgIpc) is 1.67. The number of aromatic nitrogens is 3. The van der Waals surface area contributed by atoms with E-state index < -0.39 is 79.0 Å². The normalized spacial score (nSPS) is 19.1. The van der Waals surface area contributed by atoms with Crippen molar-refractivity contribution in [2.45, 2.75) is 142 Å². The lowest BCUT2D eigenvalue weighted by Gasteiger charge is -2.38. The Kier molecular flexibility index (Phi) is 22.8. The van der Waals surface area contributed by atoms with E-state index in [9.17, 15) is 48.0 Å². The maximum atomic E-state index is 14.7. The number of aryl methyl sites for hydroxylation is 2. The lowest BCUT2D eigenvalue weighted by Crippen LogP contribution is -2.61. The van der Waals surface area contributed by atoms with Crippen LogP contribution in [0.5, 0.6) is 11.6 Å². The zero-order valence-electron chi connectivity index (χ0n) is 52.1. The summed E-state index contributed by atoms with van der Waals surface area (Å²) >= 11 is 8.49. The second kappa shape index (κ2) is 30.6. The molecular weight excluding hydrogens is 1250 g/mol. The molecule has 3 aromatic heterocycles. The molecule has 92 heavy (non-hydrogen) atoms. The summed E-state index contributed by atoms with van der Waals surface area (Å²) in [6, 6.07) is 16.2. The number of hydrogen-bond acceptors (Lipinski definition) is 18. The molecule has 0 unspecified atom stereocenters. The second-order valence-corrected chi connectivity index (χ2v) is 26.6. The Hall–Kier alpha value is -8.00. The van der Waals surface area contributed by atoms with Gasteiger partial charge in [-0.1, -0.05) is 67.9 Å². The monoisotopic (exact) mass is 1320 g/mol. The van der Waals surface area contributed by atoms with E-state index in [-0.39, 0.29) is 125 Å². The first-order valence-corrected chi connectivity index (χ1v) is 33.6. The van der Waals surface area contributed by atoms with Crippen molar-refractivity contribution < 1.29 is 71.1 Å². The summed E-state index contributed by atoms with van der Waals surface area (Å²) in [6.07, 6.45) is 1.15. The van der Waals surface area contributed by atoms with Crippen LogP contribution in [0.15, 0.2) is 82.8 Å². The third-order valence-corrected chi connectivity index (χ3v) is 20.0. The van der Waals surface area contributed by atoms with Crippen LogP contribution in [0, 0.1) is 12.8 Å². The Morgan fingerprint density at radius 2 is 1.71 bits per heavy atom. The number of primary amides is 1. The number of H-pyrrole nitrogens is 1. The summed E-state index contributed by atoms with van der Waals surface area (Å²) in [5, 5.41) is 24.4. The summed E-state index contributed by atoms with van der Waals surface area (Å²) in [7, 11) is -4.15. The molecule has 7 amide bonds. The fourth-order valence-corrected chi connectivity index (χ4v) is 14.5. The lowest BCUT2D eigenvalue weighted by atomic mass is 9.91. The lowest BCUT2D eigenvalue weighted by molar-refractivity contribution is -0.145. The van der Waals surface area contributed by atoms with Crippen LogP contribution >= 0.6 is 30.5 Å². The Balaban J connectivity index is 0.788. The number of thiazole rings is 1. The summed E-state index contributed by atoms with van der Waals surface area (Å²) in [5.41, 5.74) is 10.5. The van der Waals surface area contributed by atoms with Gasteiger partial charge in [-0.05, 0) is 111 Å². The average molecular weight is 1330 g/mol. The van der Waals surface area contributed by atoms with Gasteiger partial charge in [-0.3, -0.25) is 42.9 Å². The highest BCUT2D eigenvalue weighted by Crippen LogP contribution is 2.51. The van der Waals surface area contributed by atoms with Crippen molar-refractivity contribution in [1.82, 2.24) is 45.8 Å². The van der Waals surface area contributed by atoms with Gasteiger partial charge < -0.3 is 69.5 Å². The Morgan fingerprint density at radius 1 is 0.946 bits per heavy atom. The fraction of sp³-hybridized carbons (Fsp3) is 0.469. The zero-order chi connectivity index (χ0) is 66.0. The largest absolute Gasteiger partial charge is 0.490 e. The first-order valence-electron chi connectivity index (χ1n) is 30.8. The molecule has 0 radical (unpaired) electrons. The first kappa shape index (κ1) is 68.4. The van der Waals surface area contributed by atoms with Crippen molar-refractivity contribution in [3.63, 3.8) is 0 Å². The molecule has 3 saturated heterocycles. The predicted octanol–water partition coefficient (Wildman–Crippen LogP) is 7.22. The van der Waals surface area contributed by atoms with Crippen LogP contribution in [0.1, 0.15) is 129 Å². The van der Waals surface area contributed by atoms with Gasteiger partial charge in [-0.15, -0.1) is 11.3 Å². The van der Waals surface area contributed by atoms with Gasteiger partial charge in [-0.2, -0.15) is 0 Å². The topological polar surface area (TPSA) is 337 Å². The number of nitrogens with one attached hydrogen (secondary N) is 4. The second-order valence-electron chi connectivity index (χ2n) is 23.5. The Bertz CT molecular complexity index is 3720. The number of carbonyl (C=O) groups is 8. The third-order valence-electron chi connectivity index (χ3n) is 16.7. The molecule has 0 saturated carbocycles. The highest BCUT2D eigenvalue weighted by molar-refractivity contribution is 7.72. The minimum absolute atomic E-state index is 0.0197. The molecule has 3 aromatic carbocycles. The number of carbonyl (C=O) groups excluding carboxylic acids is 8. The number of rotatable bonds is 28.